The smallest absolute Gasteiger partial charge is 0.119 e. The maximum Gasteiger partial charge on any atom is 0.119 e. The highest BCUT2D eigenvalue weighted by Crippen LogP contribution is 2.14. The van der Waals surface area contributed by atoms with Crippen LogP contribution in [0.15, 0.2) is 36.9 Å². The second-order valence-electron chi connectivity index (χ2n) is 5.07. The fourth-order valence-corrected chi connectivity index (χ4v) is 2.22. The Morgan fingerprint density at radius 3 is 2.90 bits per heavy atom. The predicted molar refractivity (Wildman–Crippen MR) is 85.6 cm³/mol. The average Bonchev–Trinajstić information content (AvgIpc) is 2.48. The van der Waals surface area contributed by atoms with E-state index in [4.69, 9.17) is 9.47 Å². The maximum atomic E-state index is 10.0. The van der Waals surface area contributed by atoms with Crippen LogP contribution in [0.25, 0.3) is 0 Å². The molecule has 118 valence electrons. The van der Waals surface area contributed by atoms with Crippen LogP contribution in [0.4, 0.5) is 0 Å². The normalized spacial score (nSPS) is 12.4. The average molecular weight is 293 g/mol. The molecule has 1 rings (SSSR count). The number of hydrogen-bond acceptors (Lipinski definition) is 4. The van der Waals surface area contributed by atoms with Gasteiger partial charge in [0.05, 0.1) is 26.4 Å². The van der Waals surface area contributed by atoms with Gasteiger partial charge in [-0.25, -0.2) is 0 Å². The Morgan fingerprint density at radius 1 is 1.43 bits per heavy atom. The van der Waals surface area contributed by atoms with E-state index in [9.17, 15) is 5.11 Å². The molecule has 0 amide bonds. The molecule has 0 bridgehead atoms. The van der Waals surface area contributed by atoms with Gasteiger partial charge in [0.25, 0.3) is 0 Å². The molecule has 0 heterocycles. The first-order valence-electron chi connectivity index (χ1n) is 7.41. The summed E-state index contributed by atoms with van der Waals surface area (Å²) in [4.78, 5) is 2.23. The van der Waals surface area contributed by atoms with Crippen LogP contribution in [-0.4, -0.2) is 49.5 Å². The Bertz CT molecular complexity index is 409. The van der Waals surface area contributed by atoms with E-state index in [-0.39, 0.29) is 0 Å². The topological polar surface area (TPSA) is 41.9 Å². The second-order valence-corrected chi connectivity index (χ2v) is 5.07. The molecule has 0 saturated carbocycles. The SMILES string of the molecule is C=CCOCC(O)CN(CCC)Cc1cccc(OC)c1. The highest BCUT2D eigenvalue weighted by atomic mass is 16.5. The van der Waals surface area contributed by atoms with E-state index in [0.29, 0.717) is 19.8 Å². The van der Waals surface area contributed by atoms with E-state index >= 15 is 0 Å². The van der Waals surface area contributed by atoms with Crippen molar-refractivity contribution in [3.05, 3.63) is 42.5 Å². The summed E-state index contributed by atoms with van der Waals surface area (Å²) in [6.07, 6.45) is 2.25. The first-order chi connectivity index (χ1) is 10.2. The molecule has 0 saturated heterocycles. The van der Waals surface area contributed by atoms with Crippen molar-refractivity contribution in [1.29, 1.82) is 0 Å². The first-order valence-corrected chi connectivity index (χ1v) is 7.41. The van der Waals surface area contributed by atoms with Crippen molar-refractivity contribution in [3.63, 3.8) is 0 Å². The van der Waals surface area contributed by atoms with Crippen molar-refractivity contribution in [2.45, 2.75) is 26.0 Å². The number of benzene rings is 1. The summed E-state index contributed by atoms with van der Waals surface area (Å²) in [7, 11) is 1.67. The van der Waals surface area contributed by atoms with Crippen LogP contribution in [0.2, 0.25) is 0 Å². The molecule has 4 nitrogen and oxygen atoms in total. The molecule has 21 heavy (non-hydrogen) atoms. The fraction of sp³-hybridized carbons (Fsp3) is 0.529. The zero-order valence-corrected chi connectivity index (χ0v) is 13.1. The molecule has 1 N–H and O–H groups in total. The molecule has 1 unspecified atom stereocenters. The third-order valence-corrected chi connectivity index (χ3v) is 3.10. The summed E-state index contributed by atoms with van der Waals surface area (Å²) in [5.41, 5.74) is 1.18. The van der Waals surface area contributed by atoms with Gasteiger partial charge in [-0.05, 0) is 30.7 Å². The molecule has 1 aromatic carbocycles. The van der Waals surface area contributed by atoms with Crippen LogP contribution < -0.4 is 4.74 Å². The number of aliphatic hydroxyl groups is 1. The number of nitrogens with zero attached hydrogens (tertiary/aromatic N) is 1. The lowest BCUT2D eigenvalue weighted by atomic mass is 10.2. The molecule has 0 radical (unpaired) electrons. The highest BCUT2D eigenvalue weighted by molar-refractivity contribution is 5.28. The van der Waals surface area contributed by atoms with Gasteiger partial charge >= 0.3 is 0 Å². The van der Waals surface area contributed by atoms with E-state index in [1.807, 2.05) is 18.2 Å². The molecule has 0 aliphatic carbocycles. The Hall–Kier alpha value is -1.36. The largest absolute Gasteiger partial charge is 0.497 e. The minimum atomic E-state index is -0.484. The molecular formula is C17H27NO3. The third kappa shape index (κ3) is 7.27. The lowest BCUT2D eigenvalue weighted by Crippen LogP contribution is -2.35. The Balaban J connectivity index is 2.53. The lowest BCUT2D eigenvalue weighted by Gasteiger charge is -2.24. The maximum absolute atomic E-state index is 10.0. The molecule has 1 atom stereocenters. The first kappa shape index (κ1) is 17.7. The van der Waals surface area contributed by atoms with Gasteiger partial charge in [0.1, 0.15) is 5.75 Å². The molecule has 0 fully saturated rings. The number of aliphatic hydroxyl groups excluding tert-OH is 1. The molecular weight excluding hydrogens is 266 g/mol. The quantitative estimate of drug-likeness (QED) is 0.503. The van der Waals surface area contributed by atoms with E-state index in [2.05, 4.69) is 24.5 Å². The van der Waals surface area contributed by atoms with Crippen molar-refractivity contribution in [2.24, 2.45) is 0 Å². The van der Waals surface area contributed by atoms with Crippen molar-refractivity contribution in [2.75, 3.05) is 33.4 Å². The summed E-state index contributed by atoms with van der Waals surface area (Å²) in [5, 5.41) is 10.0. The summed E-state index contributed by atoms with van der Waals surface area (Å²) < 4.78 is 10.5. The van der Waals surface area contributed by atoms with Crippen LogP contribution >= 0.6 is 0 Å². The van der Waals surface area contributed by atoms with E-state index in [1.54, 1.807) is 13.2 Å². The second kappa shape index (κ2) is 10.4. The molecule has 0 spiro atoms. The molecule has 0 aliphatic heterocycles. The van der Waals surface area contributed by atoms with Gasteiger partial charge in [-0.3, -0.25) is 4.90 Å². The van der Waals surface area contributed by atoms with Gasteiger partial charge in [0, 0.05) is 13.1 Å². The monoisotopic (exact) mass is 293 g/mol. The zero-order chi connectivity index (χ0) is 15.5. The highest BCUT2D eigenvalue weighted by Gasteiger charge is 2.12. The van der Waals surface area contributed by atoms with Crippen molar-refractivity contribution >= 4 is 0 Å². The van der Waals surface area contributed by atoms with Gasteiger partial charge in [-0.2, -0.15) is 0 Å². The molecule has 4 heteroatoms. The van der Waals surface area contributed by atoms with Gasteiger partial charge in [-0.15, -0.1) is 6.58 Å². The van der Waals surface area contributed by atoms with Crippen LogP contribution in [0.3, 0.4) is 0 Å². The van der Waals surface area contributed by atoms with E-state index in [0.717, 1.165) is 25.3 Å². The van der Waals surface area contributed by atoms with Crippen molar-refractivity contribution in [3.8, 4) is 5.75 Å². The molecule has 0 aromatic heterocycles. The van der Waals surface area contributed by atoms with Crippen LogP contribution in [0.1, 0.15) is 18.9 Å². The van der Waals surface area contributed by atoms with Crippen LogP contribution in [-0.2, 0) is 11.3 Å². The standard InChI is InChI=1S/C17H27NO3/c1-4-9-18(13-16(19)14-21-10-5-2)12-15-7-6-8-17(11-15)20-3/h5-8,11,16,19H,2,4,9-10,12-14H2,1,3H3. The molecule has 0 aliphatic rings. The minimum absolute atomic E-state index is 0.338. The number of hydrogen-bond donors (Lipinski definition) is 1. The summed E-state index contributed by atoms with van der Waals surface area (Å²) in [5.74, 6) is 0.860. The van der Waals surface area contributed by atoms with Crippen LogP contribution in [0.5, 0.6) is 5.75 Å². The number of methoxy groups -OCH3 is 1. The van der Waals surface area contributed by atoms with Crippen molar-refractivity contribution < 1.29 is 14.6 Å². The predicted octanol–water partition coefficient (Wildman–Crippen LogP) is 2.47. The molecule has 1 aromatic rings. The Morgan fingerprint density at radius 2 is 2.24 bits per heavy atom. The van der Waals surface area contributed by atoms with Gasteiger partial charge in [-0.1, -0.05) is 25.1 Å². The zero-order valence-electron chi connectivity index (χ0n) is 13.1. The van der Waals surface area contributed by atoms with Crippen LogP contribution in [0, 0.1) is 0 Å². The minimum Gasteiger partial charge on any atom is -0.497 e. The fourth-order valence-electron chi connectivity index (χ4n) is 2.22. The van der Waals surface area contributed by atoms with E-state index in [1.165, 1.54) is 5.56 Å². The summed E-state index contributed by atoms with van der Waals surface area (Å²) in [6, 6.07) is 8.03. The van der Waals surface area contributed by atoms with Gasteiger partial charge < -0.3 is 14.6 Å². The Labute approximate surface area is 128 Å². The summed E-state index contributed by atoms with van der Waals surface area (Å²) in [6.45, 7) is 8.87. The number of ether oxygens (including phenoxy) is 2. The Kier molecular flexibility index (Phi) is 8.74. The lowest BCUT2D eigenvalue weighted by molar-refractivity contribution is 0.0246. The van der Waals surface area contributed by atoms with Gasteiger partial charge in [0.2, 0.25) is 0 Å². The van der Waals surface area contributed by atoms with E-state index < -0.39 is 6.10 Å². The van der Waals surface area contributed by atoms with Crippen molar-refractivity contribution in [1.82, 2.24) is 4.90 Å². The van der Waals surface area contributed by atoms with Gasteiger partial charge in [0.15, 0.2) is 0 Å². The summed E-state index contributed by atoms with van der Waals surface area (Å²) >= 11 is 0. The third-order valence-electron chi connectivity index (χ3n) is 3.10. The number of rotatable bonds is 11.